The van der Waals surface area contributed by atoms with Crippen LogP contribution in [0.25, 0.3) is 11.0 Å². The molecule has 0 spiro atoms. The van der Waals surface area contributed by atoms with Gasteiger partial charge in [-0.2, -0.15) is 15.1 Å². The first-order valence-electron chi connectivity index (χ1n) is 6.35. The smallest absolute Gasteiger partial charge is 0.226 e. The summed E-state index contributed by atoms with van der Waals surface area (Å²) >= 11 is 3.32. The van der Waals surface area contributed by atoms with E-state index in [1.807, 2.05) is 6.92 Å². The van der Waals surface area contributed by atoms with Crippen LogP contribution in [-0.4, -0.2) is 26.7 Å². The molecule has 3 rings (SSSR count). The molecule has 0 unspecified atom stereocenters. The zero-order valence-electron chi connectivity index (χ0n) is 11.1. The van der Waals surface area contributed by atoms with E-state index in [2.05, 4.69) is 46.7 Å². The van der Waals surface area contributed by atoms with Gasteiger partial charge in [-0.3, -0.25) is 5.10 Å². The van der Waals surface area contributed by atoms with Crippen LogP contribution in [0.4, 0.5) is 21.8 Å². The summed E-state index contributed by atoms with van der Waals surface area (Å²) in [6, 6.07) is 4.76. The van der Waals surface area contributed by atoms with Gasteiger partial charge in [0.1, 0.15) is 11.6 Å². The average molecular weight is 351 g/mol. The maximum absolute atomic E-state index is 13.9. The molecular weight excluding hydrogens is 339 g/mol. The summed E-state index contributed by atoms with van der Waals surface area (Å²) in [7, 11) is 0. The van der Waals surface area contributed by atoms with Gasteiger partial charge in [0.05, 0.1) is 17.3 Å². The molecule has 0 atom stereocenters. The van der Waals surface area contributed by atoms with E-state index in [9.17, 15) is 4.39 Å². The summed E-state index contributed by atoms with van der Waals surface area (Å²) in [5, 5.41) is 13.4. The number of anilines is 3. The topological polar surface area (TPSA) is 78.5 Å². The van der Waals surface area contributed by atoms with E-state index in [4.69, 9.17) is 0 Å². The lowest BCUT2D eigenvalue weighted by atomic mass is 10.3. The zero-order chi connectivity index (χ0) is 14.8. The van der Waals surface area contributed by atoms with Crippen molar-refractivity contribution in [1.29, 1.82) is 0 Å². The number of aromatic amines is 1. The molecule has 21 heavy (non-hydrogen) atoms. The Morgan fingerprint density at radius 1 is 1.33 bits per heavy atom. The maximum atomic E-state index is 13.9. The van der Waals surface area contributed by atoms with Crippen molar-refractivity contribution in [2.24, 2.45) is 0 Å². The highest BCUT2D eigenvalue weighted by Crippen LogP contribution is 2.30. The SMILES string of the molecule is CCNc1nc(Nc2c(F)cccc2Br)c2cn[nH]c2n1. The van der Waals surface area contributed by atoms with Crippen LogP contribution in [-0.2, 0) is 0 Å². The first-order chi connectivity index (χ1) is 10.2. The number of benzene rings is 1. The lowest BCUT2D eigenvalue weighted by molar-refractivity contribution is 0.631. The van der Waals surface area contributed by atoms with Crippen LogP contribution in [0.1, 0.15) is 6.92 Å². The molecule has 2 heterocycles. The second-order valence-corrected chi connectivity index (χ2v) is 5.13. The number of halogens is 2. The molecule has 0 bridgehead atoms. The van der Waals surface area contributed by atoms with Gasteiger partial charge < -0.3 is 10.6 Å². The highest BCUT2D eigenvalue weighted by molar-refractivity contribution is 9.10. The van der Waals surface area contributed by atoms with Gasteiger partial charge >= 0.3 is 0 Å². The molecular formula is C13H12BrFN6. The summed E-state index contributed by atoms with van der Waals surface area (Å²) in [6.45, 7) is 2.63. The van der Waals surface area contributed by atoms with Gasteiger partial charge in [-0.05, 0) is 35.0 Å². The van der Waals surface area contributed by atoms with Gasteiger partial charge in [-0.1, -0.05) is 6.07 Å². The lowest BCUT2D eigenvalue weighted by Crippen LogP contribution is -2.05. The molecule has 0 amide bonds. The molecule has 0 saturated carbocycles. The van der Waals surface area contributed by atoms with Crippen LogP contribution in [0.2, 0.25) is 0 Å². The molecule has 0 aliphatic carbocycles. The number of H-pyrrole nitrogens is 1. The van der Waals surface area contributed by atoms with Crippen molar-refractivity contribution < 1.29 is 4.39 Å². The third kappa shape index (κ3) is 2.66. The highest BCUT2D eigenvalue weighted by Gasteiger charge is 2.13. The van der Waals surface area contributed by atoms with Crippen molar-refractivity contribution in [3.05, 3.63) is 34.7 Å². The number of aromatic nitrogens is 4. The van der Waals surface area contributed by atoms with Crippen LogP contribution in [0.15, 0.2) is 28.9 Å². The molecule has 0 aliphatic rings. The molecule has 0 saturated heterocycles. The van der Waals surface area contributed by atoms with Gasteiger partial charge in [0, 0.05) is 11.0 Å². The number of hydrogen-bond donors (Lipinski definition) is 3. The Morgan fingerprint density at radius 3 is 2.95 bits per heavy atom. The first-order valence-corrected chi connectivity index (χ1v) is 7.14. The number of fused-ring (bicyclic) bond motifs is 1. The minimum absolute atomic E-state index is 0.321. The van der Waals surface area contributed by atoms with Crippen LogP contribution in [0.5, 0.6) is 0 Å². The van der Waals surface area contributed by atoms with Crippen molar-refractivity contribution in [2.45, 2.75) is 6.92 Å². The molecule has 3 aromatic rings. The fourth-order valence-corrected chi connectivity index (χ4v) is 2.34. The summed E-state index contributed by atoms with van der Waals surface area (Å²) in [6.07, 6.45) is 1.60. The first kappa shape index (κ1) is 13.7. The number of nitrogens with one attached hydrogen (secondary N) is 3. The largest absolute Gasteiger partial charge is 0.354 e. The van der Waals surface area contributed by atoms with Crippen LogP contribution >= 0.6 is 15.9 Å². The number of rotatable bonds is 4. The molecule has 2 aromatic heterocycles. The molecule has 0 aliphatic heterocycles. The quantitative estimate of drug-likeness (QED) is 0.671. The molecule has 1 aromatic carbocycles. The maximum Gasteiger partial charge on any atom is 0.226 e. The Bertz CT molecular complexity index is 767. The molecule has 6 nitrogen and oxygen atoms in total. The Morgan fingerprint density at radius 2 is 2.19 bits per heavy atom. The van der Waals surface area contributed by atoms with E-state index in [0.717, 1.165) is 0 Å². The molecule has 0 radical (unpaired) electrons. The third-order valence-electron chi connectivity index (χ3n) is 2.85. The molecule has 108 valence electrons. The van der Waals surface area contributed by atoms with Crippen LogP contribution in [0, 0.1) is 5.82 Å². The van der Waals surface area contributed by atoms with Crippen molar-refractivity contribution in [2.75, 3.05) is 17.2 Å². The van der Waals surface area contributed by atoms with Crippen molar-refractivity contribution >= 4 is 44.4 Å². The van der Waals surface area contributed by atoms with Gasteiger partial charge in [-0.25, -0.2) is 4.39 Å². The van der Waals surface area contributed by atoms with Crippen molar-refractivity contribution in [3.8, 4) is 0 Å². The number of hydrogen-bond acceptors (Lipinski definition) is 5. The number of para-hydroxylation sites is 1. The van der Waals surface area contributed by atoms with Crippen LogP contribution in [0.3, 0.4) is 0 Å². The standard InChI is InChI=1S/C13H12BrFN6/c1-2-16-13-19-11(7-6-17-21-12(7)20-13)18-10-8(14)4-3-5-9(10)15/h3-6H,2H2,1H3,(H3,16,17,18,19,20,21). The normalized spacial score (nSPS) is 10.8. The lowest BCUT2D eigenvalue weighted by Gasteiger charge is -2.11. The Kier molecular flexibility index (Phi) is 3.70. The predicted octanol–water partition coefficient (Wildman–Crippen LogP) is 3.43. The van der Waals surface area contributed by atoms with Gasteiger partial charge in [-0.15, -0.1) is 0 Å². The summed E-state index contributed by atoms with van der Waals surface area (Å²) in [5.74, 6) is 0.560. The zero-order valence-corrected chi connectivity index (χ0v) is 12.7. The summed E-state index contributed by atoms with van der Waals surface area (Å²) < 4.78 is 14.5. The minimum atomic E-state index is -0.371. The minimum Gasteiger partial charge on any atom is -0.354 e. The van der Waals surface area contributed by atoms with Crippen molar-refractivity contribution in [1.82, 2.24) is 20.2 Å². The highest BCUT2D eigenvalue weighted by atomic mass is 79.9. The van der Waals surface area contributed by atoms with E-state index in [-0.39, 0.29) is 5.82 Å². The van der Waals surface area contributed by atoms with E-state index in [1.54, 1.807) is 18.3 Å². The van der Waals surface area contributed by atoms with E-state index >= 15 is 0 Å². The monoisotopic (exact) mass is 350 g/mol. The summed E-state index contributed by atoms with van der Waals surface area (Å²) in [4.78, 5) is 8.65. The Hall–Kier alpha value is -2.22. The van der Waals surface area contributed by atoms with Gasteiger partial charge in [0.2, 0.25) is 5.95 Å². The van der Waals surface area contributed by atoms with E-state index in [0.29, 0.717) is 39.5 Å². The van der Waals surface area contributed by atoms with E-state index < -0.39 is 0 Å². The van der Waals surface area contributed by atoms with Crippen molar-refractivity contribution in [3.63, 3.8) is 0 Å². The fraction of sp³-hybridized carbons (Fsp3) is 0.154. The predicted molar refractivity (Wildman–Crippen MR) is 83.2 cm³/mol. The average Bonchev–Trinajstić information content (AvgIpc) is 2.92. The third-order valence-corrected chi connectivity index (χ3v) is 3.51. The van der Waals surface area contributed by atoms with E-state index in [1.165, 1.54) is 6.07 Å². The Labute approximate surface area is 128 Å². The molecule has 3 N–H and O–H groups in total. The second-order valence-electron chi connectivity index (χ2n) is 4.28. The van der Waals surface area contributed by atoms with Crippen LogP contribution < -0.4 is 10.6 Å². The Balaban J connectivity index is 2.09. The van der Waals surface area contributed by atoms with Gasteiger partial charge in [0.25, 0.3) is 0 Å². The second kappa shape index (κ2) is 5.65. The number of nitrogens with zero attached hydrogens (tertiary/aromatic N) is 3. The summed E-state index contributed by atoms with van der Waals surface area (Å²) in [5.41, 5.74) is 0.900. The fourth-order valence-electron chi connectivity index (χ4n) is 1.90. The molecule has 8 heteroatoms. The molecule has 0 fully saturated rings. The van der Waals surface area contributed by atoms with Gasteiger partial charge in [0.15, 0.2) is 5.65 Å².